The first-order valence-electron chi connectivity index (χ1n) is 4.96. The minimum absolute atomic E-state index is 0.0479. The smallest absolute Gasteiger partial charge is 0.310 e. The SMILES string of the molecule is CCOC(=O)Cc1ccc(Cl)c(C#N)c1C=O. The summed E-state index contributed by atoms with van der Waals surface area (Å²) in [5, 5.41) is 9.08. The van der Waals surface area contributed by atoms with Crippen LogP contribution >= 0.6 is 11.6 Å². The number of aldehydes is 1. The van der Waals surface area contributed by atoms with E-state index in [4.69, 9.17) is 21.6 Å². The molecule has 17 heavy (non-hydrogen) atoms. The third-order valence-electron chi connectivity index (χ3n) is 2.15. The molecule has 0 aliphatic heterocycles. The molecule has 1 rings (SSSR count). The lowest BCUT2D eigenvalue weighted by atomic mass is 10.0. The highest BCUT2D eigenvalue weighted by Crippen LogP contribution is 2.22. The average Bonchev–Trinajstić information content (AvgIpc) is 2.31. The molecule has 0 unspecified atom stereocenters. The summed E-state index contributed by atoms with van der Waals surface area (Å²) in [6, 6.07) is 4.88. The van der Waals surface area contributed by atoms with E-state index in [1.165, 1.54) is 6.07 Å². The van der Waals surface area contributed by atoms with Gasteiger partial charge in [0.1, 0.15) is 6.07 Å². The van der Waals surface area contributed by atoms with E-state index in [9.17, 15) is 9.59 Å². The zero-order valence-electron chi connectivity index (χ0n) is 9.20. The van der Waals surface area contributed by atoms with Crippen LogP contribution in [0, 0.1) is 11.3 Å². The van der Waals surface area contributed by atoms with Crippen molar-refractivity contribution in [2.45, 2.75) is 13.3 Å². The predicted molar refractivity (Wildman–Crippen MR) is 61.9 cm³/mol. The van der Waals surface area contributed by atoms with Crippen molar-refractivity contribution in [3.63, 3.8) is 0 Å². The van der Waals surface area contributed by atoms with E-state index < -0.39 is 5.97 Å². The third kappa shape index (κ3) is 3.05. The number of hydrogen-bond acceptors (Lipinski definition) is 4. The van der Waals surface area contributed by atoms with E-state index in [-0.39, 0.29) is 29.2 Å². The summed E-state index contributed by atoms with van der Waals surface area (Å²) in [7, 11) is 0. The van der Waals surface area contributed by atoms with Crippen LogP contribution in [0.1, 0.15) is 28.4 Å². The van der Waals surface area contributed by atoms with Crippen molar-refractivity contribution in [1.29, 1.82) is 5.26 Å². The highest BCUT2D eigenvalue weighted by Gasteiger charge is 2.14. The molecule has 0 saturated heterocycles. The van der Waals surface area contributed by atoms with Crippen LogP contribution in [0.25, 0.3) is 0 Å². The van der Waals surface area contributed by atoms with Crippen LogP contribution in [-0.4, -0.2) is 18.9 Å². The Labute approximate surface area is 104 Å². The number of rotatable bonds is 4. The molecule has 0 aliphatic carbocycles. The fourth-order valence-electron chi connectivity index (χ4n) is 1.41. The molecule has 0 aliphatic rings. The number of esters is 1. The van der Waals surface area contributed by atoms with Gasteiger partial charge in [0.15, 0.2) is 6.29 Å². The summed E-state index contributed by atoms with van der Waals surface area (Å²) < 4.78 is 4.78. The third-order valence-corrected chi connectivity index (χ3v) is 2.47. The molecule has 0 radical (unpaired) electrons. The van der Waals surface area contributed by atoms with Gasteiger partial charge in [-0.25, -0.2) is 0 Å². The Morgan fingerprint density at radius 2 is 2.29 bits per heavy atom. The Kier molecular flexibility index (Phi) is 4.68. The number of halogens is 1. The second-order valence-corrected chi connectivity index (χ2v) is 3.61. The maximum absolute atomic E-state index is 11.3. The van der Waals surface area contributed by atoms with E-state index >= 15 is 0 Å². The Hall–Kier alpha value is -1.86. The normalized spacial score (nSPS) is 9.47. The molecule has 0 bridgehead atoms. The fraction of sp³-hybridized carbons (Fsp3) is 0.250. The molecule has 0 amide bonds. The van der Waals surface area contributed by atoms with Crippen molar-refractivity contribution in [2.75, 3.05) is 6.61 Å². The zero-order chi connectivity index (χ0) is 12.8. The predicted octanol–water partition coefficient (Wildman–Crippen LogP) is 2.13. The summed E-state index contributed by atoms with van der Waals surface area (Å²) in [6.07, 6.45) is 0.479. The van der Waals surface area contributed by atoms with E-state index in [0.29, 0.717) is 11.8 Å². The zero-order valence-corrected chi connectivity index (χ0v) is 9.95. The van der Waals surface area contributed by atoms with Crippen molar-refractivity contribution in [3.05, 3.63) is 33.8 Å². The minimum Gasteiger partial charge on any atom is -0.466 e. The molecular formula is C12H10ClNO3. The van der Waals surface area contributed by atoms with Gasteiger partial charge in [0.2, 0.25) is 0 Å². The van der Waals surface area contributed by atoms with Crippen LogP contribution in [-0.2, 0) is 16.0 Å². The molecule has 0 N–H and O–H groups in total. The van der Waals surface area contributed by atoms with Crippen molar-refractivity contribution in [2.24, 2.45) is 0 Å². The van der Waals surface area contributed by atoms with Crippen molar-refractivity contribution in [1.82, 2.24) is 0 Å². The summed E-state index contributed by atoms with van der Waals surface area (Å²) in [5.74, 6) is -0.443. The van der Waals surface area contributed by atoms with Crippen LogP contribution in [0.15, 0.2) is 12.1 Å². The number of benzene rings is 1. The first-order chi connectivity index (χ1) is 8.13. The van der Waals surface area contributed by atoms with Gasteiger partial charge in [-0.2, -0.15) is 5.26 Å². The molecule has 0 atom stereocenters. The van der Waals surface area contributed by atoms with Gasteiger partial charge < -0.3 is 4.74 Å². The molecule has 0 saturated carbocycles. The lowest BCUT2D eigenvalue weighted by Gasteiger charge is -2.07. The van der Waals surface area contributed by atoms with Crippen LogP contribution in [0.3, 0.4) is 0 Å². The van der Waals surface area contributed by atoms with Gasteiger partial charge in [-0.1, -0.05) is 17.7 Å². The Balaban J connectivity index is 3.13. The first-order valence-corrected chi connectivity index (χ1v) is 5.34. The van der Waals surface area contributed by atoms with Gasteiger partial charge in [0, 0.05) is 5.56 Å². The quantitative estimate of drug-likeness (QED) is 0.607. The van der Waals surface area contributed by atoms with Crippen LogP contribution < -0.4 is 0 Å². The number of hydrogen-bond donors (Lipinski definition) is 0. The molecule has 5 heteroatoms. The topological polar surface area (TPSA) is 67.2 Å². The number of carbonyl (C=O) groups is 2. The first kappa shape index (κ1) is 13.2. The van der Waals surface area contributed by atoms with Crippen LogP contribution in [0.2, 0.25) is 5.02 Å². The largest absolute Gasteiger partial charge is 0.466 e. The summed E-state index contributed by atoms with van der Waals surface area (Å²) in [4.78, 5) is 22.2. The van der Waals surface area contributed by atoms with Crippen molar-refractivity contribution in [3.8, 4) is 6.07 Å². The molecule has 88 valence electrons. The van der Waals surface area contributed by atoms with Crippen molar-refractivity contribution >= 4 is 23.9 Å². The average molecular weight is 252 g/mol. The molecule has 4 nitrogen and oxygen atoms in total. The maximum atomic E-state index is 11.3. The lowest BCUT2D eigenvalue weighted by molar-refractivity contribution is -0.142. The maximum Gasteiger partial charge on any atom is 0.310 e. The van der Waals surface area contributed by atoms with Gasteiger partial charge in [-0.3, -0.25) is 9.59 Å². The van der Waals surface area contributed by atoms with Crippen LogP contribution in [0.5, 0.6) is 0 Å². The molecule has 1 aromatic rings. The summed E-state index contributed by atoms with van der Waals surface area (Å²) >= 11 is 5.78. The van der Waals surface area contributed by atoms with E-state index in [1.807, 2.05) is 6.07 Å². The molecule has 0 fully saturated rings. The lowest BCUT2D eigenvalue weighted by Crippen LogP contribution is -2.10. The summed E-state index contributed by atoms with van der Waals surface area (Å²) in [5.41, 5.74) is 0.677. The van der Waals surface area contributed by atoms with Crippen LogP contribution in [0.4, 0.5) is 0 Å². The molecule has 0 spiro atoms. The van der Waals surface area contributed by atoms with E-state index in [0.717, 1.165) is 0 Å². The molecule has 0 aromatic heterocycles. The minimum atomic E-state index is -0.443. The number of carbonyl (C=O) groups excluding carboxylic acids is 2. The number of nitriles is 1. The number of ether oxygens (including phenoxy) is 1. The summed E-state index contributed by atoms with van der Waals surface area (Å²) in [6.45, 7) is 1.97. The molecular weight excluding hydrogens is 242 g/mol. The fourth-order valence-corrected chi connectivity index (χ4v) is 1.61. The van der Waals surface area contributed by atoms with Gasteiger partial charge in [0.05, 0.1) is 23.6 Å². The van der Waals surface area contributed by atoms with Crippen molar-refractivity contribution < 1.29 is 14.3 Å². The molecule has 1 aromatic carbocycles. The second kappa shape index (κ2) is 6.02. The molecule has 0 heterocycles. The Morgan fingerprint density at radius 3 is 2.82 bits per heavy atom. The van der Waals surface area contributed by atoms with E-state index in [1.54, 1.807) is 13.0 Å². The highest BCUT2D eigenvalue weighted by molar-refractivity contribution is 6.32. The van der Waals surface area contributed by atoms with Gasteiger partial charge in [0.25, 0.3) is 0 Å². The van der Waals surface area contributed by atoms with Gasteiger partial charge >= 0.3 is 5.97 Å². The Bertz CT molecular complexity index is 491. The van der Waals surface area contributed by atoms with Gasteiger partial charge in [-0.15, -0.1) is 0 Å². The van der Waals surface area contributed by atoms with E-state index in [2.05, 4.69) is 0 Å². The number of nitrogens with zero attached hydrogens (tertiary/aromatic N) is 1. The monoisotopic (exact) mass is 251 g/mol. The van der Waals surface area contributed by atoms with Gasteiger partial charge in [-0.05, 0) is 18.6 Å². The second-order valence-electron chi connectivity index (χ2n) is 3.21. The Morgan fingerprint density at radius 1 is 1.59 bits per heavy atom. The standard InChI is InChI=1S/C12H10ClNO3/c1-2-17-12(16)5-8-3-4-11(13)9(6-14)10(8)7-15/h3-4,7H,2,5H2,1H3. The highest BCUT2D eigenvalue weighted by atomic mass is 35.5.